The van der Waals surface area contributed by atoms with Gasteiger partial charge in [-0.05, 0) is 59.9 Å². The molecule has 264 valence electrons. The monoisotopic (exact) mass is 692 g/mol. The van der Waals surface area contributed by atoms with E-state index in [9.17, 15) is 0 Å². The Bertz CT molecular complexity index is 1310. The highest BCUT2D eigenvalue weighted by Crippen LogP contribution is 2.46. The molecule has 1 saturated heterocycles. The lowest BCUT2D eigenvalue weighted by atomic mass is 9.80. The first kappa shape index (κ1) is 38.7. The first-order valence-corrected chi connectivity index (χ1v) is 23.2. The van der Waals surface area contributed by atoms with Gasteiger partial charge in [-0.25, -0.2) is 0 Å². The highest BCUT2D eigenvalue weighted by molar-refractivity contribution is 6.74. The third kappa shape index (κ3) is 8.41. The Labute approximate surface area is 292 Å². The second kappa shape index (κ2) is 15.4. The average Bonchev–Trinajstić information content (AvgIpc) is 3.36. The third-order valence-corrected chi connectivity index (χ3v) is 19.7. The predicted octanol–water partition coefficient (Wildman–Crippen LogP) is 9.55. The number of methoxy groups -OCH3 is 1. The Morgan fingerprint density at radius 2 is 1.04 bits per heavy atom. The van der Waals surface area contributed by atoms with Crippen LogP contribution in [0.15, 0.2) is 91.0 Å². The molecule has 6 nitrogen and oxygen atoms in total. The summed E-state index contributed by atoms with van der Waals surface area (Å²) in [7, 11) is -2.93. The number of rotatable bonds is 14. The molecule has 0 aliphatic carbocycles. The lowest BCUT2D eigenvalue weighted by Crippen LogP contribution is -2.55. The molecule has 1 fully saturated rings. The molecule has 0 spiro atoms. The van der Waals surface area contributed by atoms with Gasteiger partial charge in [0.25, 0.3) is 0 Å². The van der Waals surface area contributed by atoms with Crippen molar-refractivity contribution in [2.45, 2.75) is 121 Å². The maximum atomic E-state index is 7.36. The van der Waals surface area contributed by atoms with Crippen molar-refractivity contribution in [3.63, 3.8) is 0 Å². The highest BCUT2D eigenvalue weighted by Gasteiger charge is 2.55. The van der Waals surface area contributed by atoms with Gasteiger partial charge in [-0.2, -0.15) is 0 Å². The van der Waals surface area contributed by atoms with E-state index in [0.717, 1.165) is 16.7 Å². The molecule has 0 bridgehead atoms. The number of ether oxygens (including phenoxy) is 4. The Balaban J connectivity index is 1.85. The molecule has 3 aromatic rings. The molecule has 3 aromatic carbocycles. The number of hydrogen-bond donors (Lipinski definition) is 0. The summed E-state index contributed by atoms with van der Waals surface area (Å²) < 4.78 is 40.5. The van der Waals surface area contributed by atoms with E-state index < -0.39 is 28.3 Å². The third-order valence-electron chi connectivity index (χ3n) is 10.7. The van der Waals surface area contributed by atoms with Crippen LogP contribution in [0.2, 0.25) is 36.3 Å². The fourth-order valence-corrected chi connectivity index (χ4v) is 8.45. The van der Waals surface area contributed by atoms with Gasteiger partial charge in [-0.15, -0.1) is 0 Å². The predicted molar refractivity (Wildman–Crippen MR) is 200 cm³/mol. The first-order chi connectivity index (χ1) is 22.4. The lowest BCUT2D eigenvalue weighted by molar-refractivity contribution is -0.141. The molecule has 0 unspecified atom stereocenters. The van der Waals surface area contributed by atoms with Crippen molar-refractivity contribution in [1.29, 1.82) is 0 Å². The summed E-state index contributed by atoms with van der Waals surface area (Å²) in [6.07, 6.45) is -1.80. The van der Waals surface area contributed by atoms with Crippen LogP contribution in [-0.4, -0.2) is 67.7 Å². The maximum absolute atomic E-state index is 7.36. The smallest absolute Gasteiger partial charge is 0.192 e. The van der Waals surface area contributed by atoms with E-state index in [1.807, 2.05) is 25.1 Å². The minimum Gasteiger partial charge on any atom is -0.408 e. The van der Waals surface area contributed by atoms with Crippen LogP contribution >= 0.6 is 0 Å². The molecule has 4 rings (SSSR count). The minimum atomic E-state index is -2.30. The van der Waals surface area contributed by atoms with E-state index >= 15 is 0 Å². The molecule has 0 radical (unpaired) electrons. The van der Waals surface area contributed by atoms with Crippen LogP contribution in [0.3, 0.4) is 0 Å². The van der Waals surface area contributed by atoms with Gasteiger partial charge < -0.3 is 27.8 Å². The summed E-state index contributed by atoms with van der Waals surface area (Å²) in [5.74, 6) is 0. The van der Waals surface area contributed by atoms with Crippen LogP contribution < -0.4 is 0 Å². The van der Waals surface area contributed by atoms with Crippen molar-refractivity contribution in [2.75, 3.05) is 20.5 Å². The van der Waals surface area contributed by atoms with Gasteiger partial charge in [0.1, 0.15) is 36.8 Å². The van der Waals surface area contributed by atoms with E-state index in [0.29, 0.717) is 0 Å². The van der Waals surface area contributed by atoms with Gasteiger partial charge in [-0.1, -0.05) is 133 Å². The van der Waals surface area contributed by atoms with E-state index in [1.165, 1.54) is 0 Å². The second-order valence-electron chi connectivity index (χ2n) is 16.2. The normalized spacial score (nSPS) is 21.8. The van der Waals surface area contributed by atoms with E-state index in [1.54, 1.807) is 7.11 Å². The van der Waals surface area contributed by atoms with Crippen LogP contribution in [0.25, 0.3) is 0 Å². The van der Waals surface area contributed by atoms with Crippen LogP contribution in [0, 0.1) is 0 Å². The molecule has 8 heteroatoms. The number of hydrogen-bond acceptors (Lipinski definition) is 6. The van der Waals surface area contributed by atoms with Gasteiger partial charge in [0.05, 0.1) is 12.7 Å². The fraction of sp³-hybridized carbons (Fsp3) is 0.550. The van der Waals surface area contributed by atoms with Gasteiger partial charge in [0, 0.05) is 7.11 Å². The van der Waals surface area contributed by atoms with Crippen LogP contribution in [0.4, 0.5) is 0 Å². The molecule has 5 atom stereocenters. The standard InChI is InChI=1S/C40H60O6Si2/c1-30(42-29-41-8)35-37(46-48(11,12)39(5,6)7)36(45-47(9,10)38(2,3)4)34(44-35)28-43-40(31-22-16-13-17-23-31,32-24-18-14-19-25-32)33-26-20-15-21-27-33/h13-27,30,34-37H,28-29H2,1-12H3/t30-,34+,35+,36+,37+/m0/s1. The Kier molecular flexibility index (Phi) is 12.4. The summed E-state index contributed by atoms with van der Waals surface area (Å²) in [6.45, 7) is 25.3. The van der Waals surface area contributed by atoms with Crippen LogP contribution in [0.1, 0.15) is 65.2 Å². The largest absolute Gasteiger partial charge is 0.408 e. The molecular formula is C40H60O6Si2. The minimum absolute atomic E-state index is 0.00658. The summed E-state index contributed by atoms with van der Waals surface area (Å²) in [4.78, 5) is 0. The zero-order valence-corrected chi connectivity index (χ0v) is 33.4. The highest BCUT2D eigenvalue weighted by atomic mass is 28.4. The van der Waals surface area contributed by atoms with Crippen molar-refractivity contribution in [2.24, 2.45) is 0 Å². The van der Waals surface area contributed by atoms with Gasteiger partial charge in [-0.3, -0.25) is 0 Å². The Morgan fingerprint density at radius 1 is 0.646 bits per heavy atom. The zero-order chi connectivity index (χ0) is 35.4. The molecular weight excluding hydrogens is 633 g/mol. The second-order valence-corrected chi connectivity index (χ2v) is 25.7. The topological polar surface area (TPSA) is 55.4 Å². The van der Waals surface area contributed by atoms with E-state index in [2.05, 4.69) is 141 Å². The van der Waals surface area contributed by atoms with Gasteiger partial charge in [0.15, 0.2) is 16.6 Å². The maximum Gasteiger partial charge on any atom is 0.192 e. The Hall–Kier alpha value is -2.15. The summed E-state index contributed by atoms with van der Waals surface area (Å²) in [6, 6.07) is 31.4. The van der Waals surface area contributed by atoms with Gasteiger partial charge >= 0.3 is 0 Å². The average molecular weight is 693 g/mol. The molecule has 48 heavy (non-hydrogen) atoms. The molecule has 0 N–H and O–H groups in total. The Morgan fingerprint density at radius 3 is 1.42 bits per heavy atom. The van der Waals surface area contributed by atoms with E-state index in [-0.39, 0.29) is 47.9 Å². The fourth-order valence-electron chi connectivity index (χ4n) is 5.82. The van der Waals surface area contributed by atoms with Crippen molar-refractivity contribution >= 4 is 16.6 Å². The molecule has 1 aliphatic heterocycles. The van der Waals surface area contributed by atoms with E-state index in [4.69, 9.17) is 27.8 Å². The summed E-state index contributed by atoms with van der Waals surface area (Å²) >= 11 is 0. The van der Waals surface area contributed by atoms with Crippen molar-refractivity contribution in [3.05, 3.63) is 108 Å². The van der Waals surface area contributed by atoms with Crippen molar-refractivity contribution in [3.8, 4) is 0 Å². The van der Waals surface area contributed by atoms with Crippen molar-refractivity contribution < 1.29 is 27.8 Å². The molecule has 1 aliphatic rings. The molecule has 0 saturated carbocycles. The van der Waals surface area contributed by atoms with Gasteiger partial charge in [0.2, 0.25) is 0 Å². The molecule has 0 amide bonds. The molecule has 1 heterocycles. The summed E-state index contributed by atoms with van der Waals surface area (Å²) in [5.41, 5.74) is 2.25. The summed E-state index contributed by atoms with van der Waals surface area (Å²) in [5, 5.41) is -0.0224. The zero-order valence-electron chi connectivity index (χ0n) is 31.4. The first-order valence-electron chi connectivity index (χ1n) is 17.4. The number of benzene rings is 3. The lowest BCUT2D eigenvalue weighted by Gasteiger charge is -2.44. The van der Waals surface area contributed by atoms with Crippen LogP contribution in [0.5, 0.6) is 0 Å². The SMILES string of the molecule is COCO[C@@H](C)[C@H]1O[C@H](COC(c2ccccc2)(c2ccccc2)c2ccccc2)[C@@H](O[Si](C)(C)C(C)(C)C)[C@@H]1O[Si](C)(C)C(C)(C)C. The quantitative estimate of drug-likeness (QED) is 0.0953. The van der Waals surface area contributed by atoms with Crippen LogP contribution in [-0.2, 0) is 33.4 Å². The van der Waals surface area contributed by atoms with Crippen molar-refractivity contribution in [1.82, 2.24) is 0 Å². The molecule has 0 aromatic heterocycles.